The molecule has 0 atom stereocenters. The first-order valence-corrected chi connectivity index (χ1v) is 8.65. The lowest BCUT2D eigenvalue weighted by Gasteiger charge is -2.30. The van der Waals surface area contributed by atoms with Gasteiger partial charge in [0.2, 0.25) is 5.91 Å². The van der Waals surface area contributed by atoms with Gasteiger partial charge < -0.3 is 20.3 Å². The van der Waals surface area contributed by atoms with Gasteiger partial charge in [-0.05, 0) is 23.6 Å². The molecule has 2 heterocycles. The van der Waals surface area contributed by atoms with Crippen LogP contribution in [0.4, 0.5) is 11.4 Å². The quantitative estimate of drug-likeness (QED) is 0.853. The summed E-state index contributed by atoms with van der Waals surface area (Å²) < 4.78 is 5.39. The first kappa shape index (κ1) is 16.0. The smallest absolute Gasteiger partial charge is 0.238 e. The third-order valence-corrected chi connectivity index (χ3v) is 4.57. The van der Waals surface area contributed by atoms with Gasteiger partial charge in [-0.2, -0.15) is 0 Å². The summed E-state index contributed by atoms with van der Waals surface area (Å²) in [5.41, 5.74) is 1.92. The maximum absolute atomic E-state index is 12.2. The molecule has 1 amide bonds. The fourth-order valence-electron chi connectivity index (χ4n) is 2.57. The molecular formula is C17H21N3O2S. The molecule has 1 aliphatic heterocycles. The first-order chi connectivity index (χ1) is 11.3. The van der Waals surface area contributed by atoms with Gasteiger partial charge in [-0.15, -0.1) is 11.3 Å². The average Bonchev–Trinajstić information content (AvgIpc) is 3.09. The van der Waals surface area contributed by atoms with E-state index in [9.17, 15) is 4.79 Å². The Morgan fingerprint density at radius 2 is 2.00 bits per heavy atom. The zero-order chi connectivity index (χ0) is 15.9. The molecule has 1 fully saturated rings. The van der Waals surface area contributed by atoms with E-state index in [1.807, 2.05) is 35.7 Å². The van der Waals surface area contributed by atoms with E-state index < -0.39 is 0 Å². The highest BCUT2D eigenvalue weighted by Gasteiger charge is 2.15. The van der Waals surface area contributed by atoms with Crippen LogP contribution >= 0.6 is 11.3 Å². The van der Waals surface area contributed by atoms with Crippen LogP contribution in [0, 0.1) is 0 Å². The van der Waals surface area contributed by atoms with Crippen molar-refractivity contribution in [2.45, 2.75) is 6.54 Å². The molecule has 1 aliphatic rings. The number of carbonyl (C=O) groups excluding carboxylic acids is 1. The lowest BCUT2D eigenvalue weighted by molar-refractivity contribution is -0.115. The number of nitrogens with zero attached hydrogens (tertiary/aromatic N) is 1. The number of thiophene rings is 1. The largest absolute Gasteiger partial charge is 0.378 e. The average molecular weight is 331 g/mol. The van der Waals surface area contributed by atoms with Crippen LogP contribution in [0.5, 0.6) is 0 Å². The number of nitrogens with one attached hydrogen (secondary N) is 2. The fourth-order valence-corrected chi connectivity index (χ4v) is 3.24. The summed E-state index contributed by atoms with van der Waals surface area (Å²) in [6.45, 7) is 4.17. The van der Waals surface area contributed by atoms with Crippen LogP contribution in [-0.2, 0) is 16.1 Å². The van der Waals surface area contributed by atoms with Crippen molar-refractivity contribution in [3.8, 4) is 0 Å². The van der Waals surface area contributed by atoms with Crippen molar-refractivity contribution in [1.29, 1.82) is 0 Å². The number of rotatable bonds is 6. The van der Waals surface area contributed by atoms with Crippen LogP contribution in [0.2, 0.25) is 0 Å². The zero-order valence-corrected chi connectivity index (χ0v) is 13.8. The standard InChI is InChI=1S/C17H21N3O2S/c21-17(13-18-12-14-4-3-11-23-14)19-15-5-1-2-6-16(15)20-7-9-22-10-8-20/h1-6,11,18H,7-10,12-13H2,(H,19,21). The molecule has 122 valence electrons. The van der Waals surface area contributed by atoms with E-state index in [1.165, 1.54) is 4.88 Å². The Morgan fingerprint density at radius 1 is 1.17 bits per heavy atom. The van der Waals surface area contributed by atoms with Crippen LogP contribution in [-0.4, -0.2) is 38.8 Å². The number of amides is 1. The van der Waals surface area contributed by atoms with Crippen LogP contribution in [0.15, 0.2) is 41.8 Å². The molecule has 6 heteroatoms. The normalized spacial score (nSPS) is 14.7. The van der Waals surface area contributed by atoms with Crippen molar-refractivity contribution in [3.63, 3.8) is 0 Å². The Bertz CT molecular complexity index is 625. The number of carbonyl (C=O) groups is 1. The van der Waals surface area contributed by atoms with Gasteiger partial charge in [-0.25, -0.2) is 0 Å². The van der Waals surface area contributed by atoms with Gasteiger partial charge >= 0.3 is 0 Å². The highest BCUT2D eigenvalue weighted by atomic mass is 32.1. The molecule has 0 radical (unpaired) electrons. The molecule has 1 aromatic heterocycles. The van der Waals surface area contributed by atoms with E-state index in [2.05, 4.69) is 21.6 Å². The van der Waals surface area contributed by atoms with E-state index in [4.69, 9.17) is 4.74 Å². The van der Waals surface area contributed by atoms with E-state index in [0.29, 0.717) is 6.54 Å². The van der Waals surface area contributed by atoms with Gasteiger partial charge in [-0.3, -0.25) is 4.79 Å². The Kier molecular flexibility index (Phi) is 5.63. The number of anilines is 2. The molecule has 0 aliphatic carbocycles. The second-order valence-electron chi connectivity index (χ2n) is 5.35. The van der Waals surface area contributed by atoms with Crippen molar-refractivity contribution in [2.24, 2.45) is 0 Å². The van der Waals surface area contributed by atoms with Crippen LogP contribution in [0.25, 0.3) is 0 Å². The Morgan fingerprint density at radius 3 is 2.78 bits per heavy atom. The molecule has 1 aromatic carbocycles. The number of para-hydroxylation sites is 2. The Balaban J connectivity index is 1.55. The lowest BCUT2D eigenvalue weighted by Crippen LogP contribution is -2.37. The number of hydrogen-bond donors (Lipinski definition) is 2. The molecular weight excluding hydrogens is 310 g/mol. The summed E-state index contributed by atoms with van der Waals surface area (Å²) >= 11 is 1.69. The highest BCUT2D eigenvalue weighted by Crippen LogP contribution is 2.26. The molecule has 3 rings (SSSR count). The summed E-state index contributed by atoms with van der Waals surface area (Å²) in [5.74, 6) is -0.0257. The highest BCUT2D eigenvalue weighted by molar-refractivity contribution is 7.09. The maximum Gasteiger partial charge on any atom is 0.238 e. The number of ether oxygens (including phenoxy) is 1. The van der Waals surface area contributed by atoms with E-state index in [-0.39, 0.29) is 5.91 Å². The van der Waals surface area contributed by atoms with E-state index in [0.717, 1.165) is 44.2 Å². The van der Waals surface area contributed by atoms with Gasteiger partial charge in [0.25, 0.3) is 0 Å². The number of benzene rings is 1. The molecule has 0 unspecified atom stereocenters. The molecule has 0 saturated carbocycles. The van der Waals surface area contributed by atoms with Crippen LogP contribution < -0.4 is 15.5 Å². The molecule has 5 nitrogen and oxygen atoms in total. The molecule has 0 spiro atoms. The second kappa shape index (κ2) is 8.10. The fraction of sp³-hybridized carbons (Fsp3) is 0.353. The minimum Gasteiger partial charge on any atom is -0.378 e. The van der Waals surface area contributed by atoms with Crippen molar-refractivity contribution in [3.05, 3.63) is 46.7 Å². The summed E-state index contributed by atoms with van der Waals surface area (Å²) in [7, 11) is 0. The molecule has 2 N–H and O–H groups in total. The number of morpholine rings is 1. The van der Waals surface area contributed by atoms with E-state index >= 15 is 0 Å². The van der Waals surface area contributed by atoms with Gasteiger partial charge in [0.1, 0.15) is 0 Å². The van der Waals surface area contributed by atoms with Crippen LogP contribution in [0.1, 0.15) is 4.88 Å². The summed E-state index contributed by atoms with van der Waals surface area (Å²) in [6.07, 6.45) is 0. The minimum absolute atomic E-state index is 0.0257. The third kappa shape index (κ3) is 4.54. The van der Waals surface area contributed by atoms with Crippen molar-refractivity contribution < 1.29 is 9.53 Å². The topological polar surface area (TPSA) is 53.6 Å². The van der Waals surface area contributed by atoms with Crippen molar-refractivity contribution in [2.75, 3.05) is 43.1 Å². The van der Waals surface area contributed by atoms with E-state index in [1.54, 1.807) is 11.3 Å². The van der Waals surface area contributed by atoms with Gasteiger partial charge in [0.05, 0.1) is 31.1 Å². The van der Waals surface area contributed by atoms with Crippen molar-refractivity contribution >= 4 is 28.6 Å². The SMILES string of the molecule is O=C(CNCc1cccs1)Nc1ccccc1N1CCOCC1. The first-order valence-electron chi connectivity index (χ1n) is 7.77. The molecule has 23 heavy (non-hydrogen) atoms. The van der Waals surface area contributed by atoms with Gasteiger partial charge in [0.15, 0.2) is 0 Å². The van der Waals surface area contributed by atoms with Crippen molar-refractivity contribution in [1.82, 2.24) is 5.32 Å². The molecule has 0 bridgehead atoms. The monoisotopic (exact) mass is 331 g/mol. The third-order valence-electron chi connectivity index (χ3n) is 3.69. The number of hydrogen-bond acceptors (Lipinski definition) is 5. The zero-order valence-electron chi connectivity index (χ0n) is 13.0. The maximum atomic E-state index is 12.2. The lowest BCUT2D eigenvalue weighted by atomic mass is 10.2. The Hall–Kier alpha value is -1.89. The van der Waals surface area contributed by atoms with Crippen LogP contribution in [0.3, 0.4) is 0 Å². The minimum atomic E-state index is -0.0257. The summed E-state index contributed by atoms with van der Waals surface area (Å²) in [5, 5.41) is 8.22. The summed E-state index contributed by atoms with van der Waals surface area (Å²) in [6, 6.07) is 12.0. The molecule has 1 saturated heterocycles. The van der Waals surface area contributed by atoms with Gasteiger partial charge in [-0.1, -0.05) is 18.2 Å². The van der Waals surface area contributed by atoms with Gasteiger partial charge in [0, 0.05) is 24.5 Å². The molecule has 2 aromatic rings. The second-order valence-corrected chi connectivity index (χ2v) is 6.38. The predicted octanol–water partition coefficient (Wildman–Crippen LogP) is 2.31. The predicted molar refractivity (Wildman–Crippen MR) is 94.1 cm³/mol. The Labute approximate surface area is 140 Å². The summed E-state index contributed by atoms with van der Waals surface area (Å²) in [4.78, 5) is 15.6.